The average Bonchev–Trinajstić information content (AvgIpc) is 2.78. The summed E-state index contributed by atoms with van der Waals surface area (Å²) in [5.41, 5.74) is 1.91. The molecule has 0 N–H and O–H groups in total. The Morgan fingerprint density at radius 2 is 1.94 bits per heavy atom. The van der Waals surface area contributed by atoms with Crippen molar-refractivity contribution in [2.24, 2.45) is 0 Å². The van der Waals surface area contributed by atoms with Crippen molar-refractivity contribution in [1.82, 2.24) is 4.57 Å². The number of para-hydroxylation sites is 1. The third kappa shape index (κ3) is 2.42. The second-order valence-corrected chi connectivity index (χ2v) is 3.68. The van der Waals surface area contributed by atoms with E-state index in [0.717, 1.165) is 11.4 Å². The topological polar surface area (TPSA) is 48.1 Å². The van der Waals surface area contributed by atoms with E-state index in [0.29, 0.717) is 0 Å². The van der Waals surface area contributed by atoms with Gasteiger partial charge in [-0.3, -0.25) is 10.1 Å². The summed E-state index contributed by atoms with van der Waals surface area (Å²) in [7, 11) is 0. The van der Waals surface area contributed by atoms with Gasteiger partial charge in [0.05, 0.1) is 10.6 Å². The monoisotopic (exact) mass is 228 g/mol. The van der Waals surface area contributed by atoms with Gasteiger partial charge in [-0.15, -0.1) is 0 Å². The van der Waals surface area contributed by atoms with Crippen molar-refractivity contribution in [3.8, 4) is 5.69 Å². The molecule has 1 aromatic carbocycles. The molecule has 0 fully saturated rings. The van der Waals surface area contributed by atoms with Crippen LogP contribution in [-0.2, 0) is 0 Å². The van der Waals surface area contributed by atoms with Gasteiger partial charge in [-0.2, -0.15) is 0 Å². The summed E-state index contributed by atoms with van der Waals surface area (Å²) in [6.45, 7) is 1.49. The van der Waals surface area contributed by atoms with Gasteiger partial charge in [-0.05, 0) is 24.3 Å². The van der Waals surface area contributed by atoms with Gasteiger partial charge in [0.15, 0.2) is 0 Å². The Hall–Kier alpha value is -2.36. The molecule has 0 aliphatic rings. The Morgan fingerprint density at radius 3 is 2.59 bits per heavy atom. The highest BCUT2D eigenvalue weighted by Crippen LogP contribution is 2.15. The minimum absolute atomic E-state index is 0.126. The van der Waals surface area contributed by atoms with E-state index >= 15 is 0 Å². The SMILES string of the molecule is C/C(=C\c1cccn1-c1ccccc1)[N+](=O)[O-]. The zero-order valence-corrected chi connectivity index (χ0v) is 9.41. The molecule has 17 heavy (non-hydrogen) atoms. The molecule has 4 heteroatoms. The first kappa shape index (κ1) is 11.1. The zero-order chi connectivity index (χ0) is 12.3. The molecule has 0 amide bonds. The zero-order valence-electron chi connectivity index (χ0n) is 9.41. The third-order valence-electron chi connectivity index (χ3n) is 2.46. The Balaban J connectivity index is 2.43. The normalized spacial score (nSPS) is 11.5. The Kier molecular flexibility index (Phi) is 3.05. The van der Waals surface area contributed by atoms with Gasteiger partial charge in [0.2, 0.25) is 5.70 Å². The molecule has 0 radical (unpaired) electrons. The predicted molar refractivity (Wildman–Crippen MR) is 66.4 cm³/mol. The van der Waals surface area contributed by atoms with Gasteiger partial charge >= 0.3 is 0 Å². The third-order valence-corrected chi connectivity index (χ3v) is 2.46. The molecule has 4 nitrogen and oxygen atoms in total. The summed E-state index contributed by atoms with van der Waals surface area (Å²) in [6.07, 6.45) is 3.45. The van der Waals surface area contributed by atoms with Gasteiger partial charge in [0.25, 0.3) is 0 Å². The van der Waals surface area contributed by atoms with Crippen LogP contribution in [0.4, 0.5) is 0 Å². The lowest BCUT2D eigenvalue weighted by Gasteiger charge is -2.05. The molecule has 1 aromatic heterocycles. The van der Waals surface area contributed by atoms with E-state index in [1.807, 2.05) is 53.2 Å². The number of hydrogen-bond acceptors (Lipinski definition) is 2. The van der Waals surface area contributed by atoms with Crippen LogP contribution in [0, 0.1) is 10.1 Å². The summed E-state index contributed by atoms with van der Waals surface area (Å²) < 4.78 is 1.91. The Labute approximate surface area is 99.0 Å². The number of allylic oxidation sites excluding steroid dienone is 1. The molecule has 0 bridgehead atoms. The van der Waals surface area contributed by atoms with Crippen LogP contribution in [0.15, 0.2) is 54.4 Å². The summed E-state index contributed by atoms with van der Waals surface area (Å²) in [6, 6.07) is 13.4. The van der Waals surface area contributed by atoms with E-state index in [4.69, 9.17) is 0 Å². The van der Waals surface area contributed by atoms with Crippen LogP contribution in [0.25, 0.3) is 11.8 Å². The van der Waals surface area contributed by atoms with Gasteiger partial charge in [-0.1, -0.05) is 18.2 Å². The first-order valence-electron chi connectivity index (χ1n) is 5.24. The molecule has 2 rings (SSSR count). The van der Waals surface area contributed by atoms with Crippen molar-refractivity contribution in [3.63, 3.8) is 0 Å². The molecule has 0 atom stereocenters. The van der Waals surface area contributed by atoms with Gasteiger partial charge in [0.1, 0.15) is 0 Å². The summed E-state index contributed by atoms with van der Waals surface area (Å²) in [5.74, 6) is 0. The van der Waals surface area contributed by atoms with Crippen LogP contribution < -0.4 is 0 Å². The maximum absolute atomic E-state index is 10.6. The lowest BCUT2D eigenvalue weighted by atomic mass is 10.3. The molecule has 86 valence electrons. The first-order chi connectivity index (χ1) is 8.18. The molecule has 0 aliphatic carbocycles. The van der Waals surface area contributed by atoms with Crippen LogP contribution in [0.5, 0.6) is 0 Å². The van der Waals surface area contributed by atoms with Crippen LogP contribution in [0.2, 0.25) is 0 Å². The van der Waals surface area contributed by atoms with E-state index in [1.165, 1.54) is 6.92 Å². The number of nitrogens with zero attached hydrogens (tertiary/aromatic N) is 2. The molecule has 0 spiro atoms. The highest BCUT2D eigenvalue weighted by atomic mass is 16.6. The van der Waals surface area contributed by atoms with Gasteiger partial charge in [-0.25, -0.2) is 0 Å². The number of hydrogen-bond donors (Lipinski definition) is 0. The van der Waals surface area contributed by atoms with Gasteiger partial charge < -0.3 is 4.57 Å². The molecule has 0 saturated heterocycles. The summed E-state index contributed by atoms with van der Waals surface area (Å²) in [5, 5.41) is 10.6. The highest BCUT2D eigenvalue weighted by molar-refractivity contribution is 5.51. The van der Waals surface area contributed by atoms with Crippen molar-refractivity contribution in [2.45, 2.75) is 6.92 Å². The standard InChI is InChI=1S/C13H12N2O2/c1-11(15(16)17)10-13-8-5-9-14(13)12-6-3-2-4-7-12/h2-10H,1H3/b11-10+. The van der Waals surface area contributed by atoms with E-state index in [2.05, 4.69) is 0 Å². The Morgan fingerprint density at radius 1 is 1.24 bits per heavy atom. The van der Waals surface area contributed by atoms with Crippen molar-refractivity contribution in [3.05, 3.63) is 70.2 Å². The quantitative estimate of drug-likeness (QED) is 0.598. The van der Waals surface area contributed by atoms with Crippen molar-refractivity contribution >= 4 is 6.08 Å². The Bertz CT molecular complexity index is 556. The lowest BCUT2D eigenvalue weighted by Crippen LogP contribution is -1.97. The maximum atomic E-state index is 10.6. The fourth-order valence-electron chi connectivity index (χ4n) is 1.60. The molecular formula is C13H12N2O2. The maximum Gasteiger partial charge on any atom is 0.245 e. The van der Waals surface area contributed by atoms with E-state index < -0.39 is 0 Å². The van der Waals surface area contributed by atoms with Crippen LogP contribution in [-0.4, -0.2) is 9.49 Å². The fourth-order valence-corrected chi connectivity index (χ4v) is 1.60. The molecule has 1 heterocycles. The largest absolute Gasteiger partial charge is 0.317 e. The predicted octanol–water partition coefficient (Wildman–Crippen LogP) is 3.11. The average molecular weight is 228 g/mol. The lowest BCUT2D eigenvalue weighted by molar-refractivity contribution is -0.422. The van der Waals surface area contributed by atoms with Crippen molar-refractivity contribution in [1.29, 1.82) is 0 Å². The second-order valence-electron chi connectivity index (χ2n) is 3.68. The fraction of sp³-hybridized carbons (Fsp3) is 0.0769. The number of aromatic nitrogens is 1. The van der Waals surface area contributed by atoms with E-state index in [-0.39, 0.29) is 10.6 Å². The molecule has 0 saturated carbocycles. The van der Waals surface area contributed by atoms with Crippen LogP contribution in [0.3, 0.4) is 0 Å². The van der Waals surface area contributed by atoms with E-state index in [9.17, 15) is 10.1 Å². The van der Waals surface area contributed by atoms with Crippen molar-refractivity contribution < 1.29 is 4.92 Å². The molecule has 0 aliphatic heterocycles. The number of nitro groups is 1. The number of rotatable bonds is 3. The van der Waals surface area contributed by atoms with Crippen LogP contribution in [0.1, 0.15) is 12.6 Å². The minimum atomic E-state index is -0.387. The molecule has 2 aromatic rings. The number of benzene rings is 1. The van der Waals surface area contributed by atoms with Crippen molar-refractivity contribution in [2.75, 3.05) is 0 Å². The molecular weight excluding hydrogens is 216 g/mol. The highest BCUT2D eigenvalue weighted by Gasteiger charge is 2.06. The van der Waals surface area contributed by atoms with Gasteiger partial charge in [0, 0.05) is 24.9 Å². The first-order valence-corrected chi connectivity index (χ1v) is 5.24. The minimum Gasteiger partial charge on any atom is -0.317 e. The second kappa shape index (κ2) is 4.65. The summed E-state index contributed by atoms with van der Waals surface area (Å²) >= 11 is 0. The van der Waals surface area contributed by atoms with E-state index in [1.54, 1.807) is 6.08 Å². The smallest absolute Gasteiger partial charge is 0.245 e. The summed E-state index contributed by atoms with van der Waals surface area (Å²) in [4.78, 5) is 10.2. The molecule has 0 unspecified atom stereocenters. The van der Waals surface area contributed by atoms with Crippen LogP contribution >= 0.6 is 0 Å².